The van der Waals surface area contributed by atoms with E-state index in [1.165, 1.54) is 25.7 Å². The Morgan fingerprint density at radius 3 is 2.59 bits per heavy atom. The van der Waals surface area contributed by atoms with Crippen molar-refractivity contribution in [3.05, 3.63) is 40.2 Å². The van der Waals surface area contributed by atoms with Gasteiger partial charge in [0.25, 0.3) is 5.56 Å². The minimum atomic E-state index is -0.422. The summed E-state index contributed by atoms with van der Waals surface area (Å²) in [7, 11) is 0. The van der Waals surface area contributed by atoms with Gasteiger partial charge in [-0.3, -0.25) is 4.79 Å². The van der Waals surface area contributed by atoms with E-state index < -0.39 is 5.56 Å². The van der Waals surface area contributed by atoms with Crippen LogP contribution >= 0.6 is 0 Å². The Morgan fingerprint density at radius 1 is 1.19 bits per heavy atom. The lowest BCUT2D eigenvalue weighted by molar-refractivity contribution is 0.335. The summed E-state index contributed by atoms with van der Waals surface area (Å²) in [6.45, 7) is 7.00. The largest absolute Gasteiger partial charge is 0.500 e. The molecule has 1 aromatic carbocycles. The Morgan fingerprint density at radius 2 is 1.89 bits per heavy atom. The number of allylic oxidation sites excluding steroid dienone is 1. The number of unbranched alkanes of at least 4 members (excludes halogenated alkanes) is 5. The van der Waals surface area contributed by atoms with E-state index in [1.54, 1.807) is 22.8 Å². The van der Waals surface area contributed by atoms with E-state index in [0.717, 1.165) is 18.4 Å². The zero-order chi connectivity index (χ0) is 19.8. The highest BCUT2D eigenvalue weighted by Gasteiger charge is 2.17. The molecule has 5 heteroatoms. The number of hydrogen-bond donors (Lipinski definition) is 2. The summed E-state index contributed by atoms with van der Waals surface area (Å²) in [5.41, 5.74) is 7.93. The zero-order valence-electron chi connectivity index (χ0n) is 16.8. The molecule has 148 valence electrons. The number of anilines is 1. The number of benzene rings is 1. The predicted molar refractivity (Wildman–Crippen MR) is 113 cm³/mol. The van der Waals surface area contributed by atoms with E-state index in [2.05, 4.69) is 6.92 Å². The van der Waals surface area contributed by atoms with Crippen molar-refractivity contribution >= 4 is 16.6 Å². The lowest BCUT2D eigenvalue weighted by Gasteiger charge is -2.16. The van der Waals surface area contributed by atoms with Crippen molar-refractivity contribution < 1.29 is 9.84 Å². The summed E-state index contributed by atoms with van der Waals surface area (Å²) in [6.07, 6.45) is 8.72. The monoisotopic (exact) mass is 372 g/mol. The van der Waals surface area contributed by atoms with Crippen LogP contribution in [0.5, 0.6) is 11.5 Å². The summed E-state index contributed by atoms with van der Waals surface area (Å²) in [6, 6.07) is 5.34. The van der Waals surface area contributed by atoms with Crippen LogP contribution in [0.3, 0.4) is 0 Å². The van der Waals surface area contributed by atoms with Crippen LogP contribution in [0, 0.1) is 0 Å². The number of rotatable bonds is 10. The molecule has 0 atom stereocenters. The maximum Gasteiger partial charge on any atom is 0.297 e. The molecule has 0 saturated carbocycles. The average Bonchev–Trinajstić information content (AvgIpc) is 2.63. The average molecular weight is 373 g/mol. The fraction of sp³-hybridized carbons (Fsp3) is 0.500. The number of pyridine rings is 1. The number of hydrogen-bond acceptors (Lipinski definition) is 4. The summed E-state index contributed by atoms with van der Waals surface area (Å²) < 4.78 is 7.35. The number of nitrogens with zero attached hydrogens (tertiary/aromatic N) is 1. The zero-order valence-corrected chi connectivity index (χ0v) is 16.8. The molecule has 1 aromatic heterocycles. The molecule has 2 aromatic rings. The van der Waals surface area contributed by atoms with Gasteiger partial charge in [-0.05, 0) is 44.5 Å². The van der Waals surface area contributed by atoms with Crippen LogP contribution in [0.1, 0.15) is 59.3 Å². The van der Waals surface area contributed by atoms with Gasteiger partial charge in [-0.25, -0.2) is 0 Å². The van der Waals surface area contributed by atoms with E-state index in [0.29, 0.717) is 29.7 Å². The third-order valence-electron chi connectivity index (χ3n) is 4.67. The van der Waals surface area contributed by atoms with Crippen LogP contribution in [0.4, 0.5) is 5.69 Å². The van der Waals surface area contributed by atoms with Crippen molar-refractivity contribution in [2.45, 2.75) is 65.8 Å². The molecule has 0 amide bonds. The highest BCUT2D eigenvalue weighted by Crippen LogP contribution is 2.33. The first-order valence-corrected chi connectivity index (χ1v) is 9.86. The Bertz CT molecular complexity index is 849. The maximum atomic E-state index is 12.8. The summed E-state index contributed by atoms with van der Waals surface area (Å²) >= 11 is 0. The molecule has 0 aliphatic carbocycles. The highest BCUT2D eigenvalue weighted by molar-refractivity contribution is 5.89. The second kappa shape index (κ2) is 10.0. The van der Waals surface area contributed by atoms with Gasteiger partial charge >= 0.3 is 0 Å². The minimum Gasteiger partial charge on any atom is -0.500 e. The molecular weight excluding hydrogens is 340 g/mol. The second-order valence-electron chi connectivity index (χ2n) is 7.27. The number of aromatic hydroxyl groups is 1. The predicted octanol–water partition coefficient (Wildman–Crippen LogP) is 4.99. The smallest absolute Gasteiger partial charge is 0.297 e. The number of fused-ring (bicyclic) bond motifs is 1. The molecular formula is C22H32N2O3. The van der Waals surface area contributed by atoms with Gasteiger partial charge in [-0.2, -0.15) is 0 Å². The van der Waals surface area contributed by atoms with Crippen LogP contribution in [0.2, 0.25) is 0 Å². The van der Waals surface area contributed by atoms with Gasteiger partial charge in [0.05, 0.1) is 5.52 Å². The molecule has 0 saturated heterocycles. The third kappa shape index (κ3) is 5.52. The van der Waals surface area contributed by atoms with Gasteiger partial charge in [0, 0.05) is 17.6 Å². The second-order valence-corrected chi connectivity index (χ2v) is 7.27. The Kier molecular flexibility index (Phi) is 7.77. The molecule has 27 heavy (non-hydrogen) atoms. The van der Waals surface area contributed by atoms with Crippen molar-refractivity contribution in [1.82, 2.24) is 4.57 Å². The molecule has 1 heterocycles. The van der Waals surface area contributed by atoms with Gasteiger partial charge < -0.3 is 20.1 Å². The highest BCUT2D eigenvalue weighted by atomic mass is 16.5. The fourth-order valence-corrected chi connectivity index (χ4v) is 3.14. The van der Waals surface area contributed by atoms with Crippen LogP contribution < -0.4 is 16.0 Å². The topological polar surface area (TPSA) is 77.5 Å². The molecule has 0 unspecified atom stereocenters. The molecule has 0 aliphatic heterocycles. The lowest BCUT2D eigenvalue weighted by Crippen LogP contribution is -2.21. The molecule has 0 bridgehead atoms. The minimum absolute atomic E-state index is 0.228. The summed E-state index contributed by atoms with van der Waals surface area (Å²) in [5.74, 6) is -0.105. The maximum absolute atomic E-state index is 12.8. The van der Waals surface area contributed by atoms with Crippen molar-refractivity contribution in [3.63, 3.8) is 0 Å². The molecule has 0 fully saturated rings. The summed E-state index contributed by atoms with van der Waals surface area (Å²) in [5, 5.41) is 11.2. The Labute approximate surface area is 161 Å². The van der Waals surface area contributed by atoms with Gasteiger partial charge in [0.1, 0.15) is 6.61 Å². The van der Waals surface area contributed by atoms with Gasteiger partial charge in [0.15, 0.2) is 5.75 Å². The van der Waals surface area contributed by atoms with E-state index in [4.69, 9.17) is 10.5 Å². The normalized spacial score (nSPS) is 10.9. The number of ether oxygens (including phenoxy) is 1. The molecule has 0 spiro atoms. The Balaban J connectivity index is 2.32. The lowest BCUT2D eigenvalue weighted by atomic mass is 10.1. The van der Waals surface area contributed by atoms with Crippen LogP contribution in [0.25, 0.3) is 10.9 Å². The van der Waals surface area contributed by atoms with E-state index in [1.807, 2.05) is 19.9 Å². The number of nitrogens with two attached hydrogens (primary N) is 1. The molecule has 0 aliphatic rings. The van der Waals surface area contributed by atoms with Crippen molar-refractivity contribution in [2.24, 2.45) is 0 Å². The molecule has 5 nitrogen and oxygen atoms in total. The van der Waals surface area contributed by atoms with E-state index >= 15 is 0 Å². The number of aryl methyl sites for hydroxylation is 1. The van der Waals surface area contributed by atoms with Gasteiger partial charge in [0.2, 0.25) is 5.75 Å². The van der Waals surface area contributed by atoms with Gasteiger partial charge in [-0.1, -0.05) is 44.6 Å². The number of aromatic nitrogens is 1. The van der Waals surface area contributed by atoms with Crippen molar-refractivity contribution in [1.29, 1.82) is 0 Å². The first kappa shape index (κ1) is 20.9. The SMILES string of the molecule is CCCCCCCCn1c(=O)c(O)c(OCC=C(C)C)c2ccc(N)cc21. The third-order valence-corrected chi connectivity index (χ3v) is 4.67. The molecule has 2 rings (SSSR count). The Hall–Kier alpha value is -2.43. The fourth-order valence-electron chi connectivity index (χ4n) is 3.14. The van der Waals surface area contributed by atoms with Crippen molar-refractivity contribution in [2.75, 3.05) is 12.3 Å². The van der Waals surface area contributed by atoms with Crippen LogP contribution in [-0.2, 0) is 6.54 Å². The van der Waals surface area contributed by atoms with E-state index in [9.17, 15) is 9.90 Å². The van der Waals surface area contributed by atoms with Crippen molar-refractivity contribution in [3.8, 4) is 11.5 Å². The first-order valence-electron chi connectivity index (χ1n) is 9.86. The van der Waals surface area contributed by atoms with E-state index in [-0.39, 0.29) is 11.5 Å². The molecule has 0 radical (unpaired) electrons. The first-order chi connectivity index (χ1) is 13.0. The molecule has 3 N–H and O–H groups in total. The number of nitrogen functional groups attached to an aromatic ring is 1. The quantitative estimate of drug-likeness (QED) is 0.350. The van der Waals surface area contributed by atoms with Crippen LogP contribution in [0.15, 0.2) is 34.6 Å². The van der Waals surface area contributed by atoms with Gasteiger partial charge in [-0.15, -0.1) is 0 Å². The summed E-state index contributed by atoms with van der Waals surface area (Å²) in [4.78, 5) is 12.8. The standard InChI is InChI=1S/C22H32N2O3/c1-4-5-6-7-8-9-13-24-19-15-17(23)10-11-18(19)21(20(25)22(24)26)27-14-12-16(2)3/h10-12,15,25H,4-9,13-14,23H2,1-3H3. The van der Waals surface area contributed by atoms with Crippen LogP contribution in [-0.4, -0.2) is 16.3 Å².